The minimum Gasteiger partial charge on any atom is -0.444 e. The van der Waals surface area contributed by atoms with Gasteiger partial charge in [-0.2, -0.15) is 0 Å². The average Bonchev–Trinajstić information content (AvgIpc) is 2.40. The molecule has 0 saturated heterocycles. The summed E-state index contributed by atoms with van der Waals surface area (Å²) in [5.74, 6) is 0. The molecule has 0 fully saturated rings. The Bertz CT molecular complexity index is 521. The molecule has 1 amide bonds. The summed E-state index contributed by atoms with van der Waals surface area (Å²) in [6.07, 6.45) is -0.860. The van der Waals surface area contributed by atoms with E-state index in [9.17, 15) is 13.9 Å². The Morgan fingerprint density at radius 1 is 1.08 bits per heavy atom. The zero-order valence-electron chi connectivity index (χ0n) is 16.3. The molecule has 1 atom stereocenters. The minimum atomic E-state index is -4.23. The Balaban J connectivity index is 5.05. The molecule has 0 saturated carbocycles. The SMILES string of the molecule is CCOP(=O)(OCC)C(F)(CCCNC(=O)OC(C)(C)C)P(C)(C)=O. The number of hydrogen-bond donors (Lipinski definition) is 1. The summed E-state index contributed by atoms with van der Waals surface area (Å²) in [4.78, 5) is 11.6. The standard InChI is InChI=1S/C15H32FNO6P2/c1-8-21-25(20,22-9-2)15(16,24(6,7)19)11-10-12-17-13(18)23-14(3,4)5/h8-12H2,1-7H3,(H,17,18). The topological polar surface area (TPSA) is 90.9 Å². The highest BCUT2D eigenvalue weighted by Gasteiger charge is 2.59. The summed E-state index contributed by atoms with van der Waals surface area (Å²) in [7, 11) is -7.72. The quantitative estimate of drug-likeness (QED) is 0.416. The molecule has 25 heavy (non-hydrogen) atoms. The number of rotatable bonds is 10. The molecule has 0 radical (unpaired) electrons. The number of ether oxygens (including phenoxy) is 1. The van der Waals surface area contributed by atoms with Crippen LogP contribution in [0.5, 0.6) is 0 Å². The summed E-state index contributed by atoms with van der Waals surface area (Å²) < 4.78 is 56.3. The first-order valence-electron chi connectivity index (χ1n) is 8.32. The van der Waals surface area contributed by atoms with Crippen molar-refractivity contribution >= 4 is 20.8 Å². The Morgan fingerprint density at radius 3 is 1.92 bits per heavy atom. The van der Waals surface area contributed by atoms with Gasteiger partial charge in [-0.3, -0.25) is 4.57 Å². The number of carbonyl (C=O) groups excluding carboxylic acids is 1. The van der Waals surface area contributed by atoms with E-state index in [-0.39, 0.29) is 32.6 Å². The van der Waals surface area contributed by atoms with Crippen molar-refractivity contribution in [1.82, 2.24) is 5.32 Å². The van der Waals surface area contributed by atoms with Crippen molar-refractivity contribution < 1.29 is 32.1 Å². The Hall–Kier alpha value is -0.420. The number of alkyl halides is 1. The minimum absolute atomic E-state index is 0.0287. The van der Waals surface area contributed by atoms with Crippen LogP contribution in [-0.4, -0.2) is 49.9 Å². The molecular formula is C15H32FNO6P2. The Labute approximate surface area is 150 Å². The van der Waals surface area contributed by atoms with Crippen LogP contribution in [0.2, 0.25) is 0 Å². The van der Waals surface area contributed by atoms with E-state index in [4.69, 9.17) is 13.8 Å². The molecule has 0 aliphatic heterocycles. The largest absolute Gasteiger partial charge is 0.444 e. The fourth-order valence-electron chi connectivity index (χ4n) is 2.09. The molecule has 10 heteroatoms. The lowest BCUT2D eigenvalue weighted by Crippen LogP contribution is -2.34. The smallest absolute Gasteiger partial charge is 0.407 e. The van der Waals surface area contributed by atoms with E-state index in [1.54, 1.807) is 34.6 Å². The molecular weight excluding hydrogens is 371 g/mol. The number of hydrogen-bond acceptors (Lipinski definition) is 6. The summed E-state index contributed by atoms with van der Waals surface area (Å²) in [6, 6.07) is 0. The first-order valence-corrected chi connectivity index (χ1v) is 12.5. The molecule has 150 valence electrons. The molecule has 0 aliphatic carbocycles. The monoisotopic (exact) mass is 403 g/mol. The fraction of sp³-hybridized carbons (Fsp3) is 0.933. The predicted molar refractivity (Wildman–Crippen MR) is 97.6 cm³/mol. The number of alkyl carbamates (subject to hydrolysis) is 1. The van der Waals surface area contributed by atoms with Gasteiger partial charge in [0.2, 0.25) is 0 Å². The van der Waals surface area contributed by atoms with Gasteiger partial charge >= 0.3 is 13.7 Å². The van der Waals surface area contributed by atoms with Crippen LogP contribution < -0.4 is 5.32 Å². The van der Waals surface area contributed by atoms with Crippen molar-refractivity contribution in [2.75, 3.05) is 33.1 Å². The zero-order chi connectivity index (χ0) is 19.9. The first-order chi connectivity index (χ1) is 11.2. The summed E-state index contributed by atoms with van der Waals surface area (Å²) >= 11 is 0. The van der Waals surface area contributed by atoms with Crippen LogP contribution in [0.4, 0.5) is 9.18 Å². The van der Waals surface area contributed by atoms with E-state index >= 15 is 4.39 Å². The third-order valence-corrected chi connectivity index (χ3v) is 9.50. The van der Waals surface area contributed by atoms with Crippen LogP contribution in [-0.2, 0) is 22.9 Å². The highest BCUT2D eigenvalue weighted by molar-refractivity contribution is 7.78. The van der Waals surface area contributed by atoms with E-state index < -0.39 is 31.6 Å². The third kappa shape index (κ3) is 7.38. The third-order valence-electron chi connectivity index (χ3n) is 3.18. The van der Waals surface area contributed by atoms with Crippen molar-refractivity contribution in [1.29, 1.82) is 0 Å². The molecule has 0 aromatic rings. The lowest BCUT2D eigenvalue weighted by Gasteiger charge is -2.35. The van der Waals surface area contributed by atoms with Crippen LogP contribution in [0.25, 0.3) is 0 Å². The van der Waals surface area contributed by atoms with E-state index in [2.05, 4.69) is 5.32 Å². The van der Waals surface area contributed by atoms with Crippen molar-refractivity contribution in [2.24, 2.45) is 0 Å². The van der Waals surface area contributed by atoms with Crippen LogP contribution in [0.15, 0.2) is 0 Å². The molecule has 0 heterocycles. The molecule has 7 nitrogen and oxygen atoms in total. The second-order valence-electron chi connectivity index (χ2n) is 6.93. The maximum Gasteiger partial charge on any atom is 0.407 e. The van der Waals surface area contributed by atoms with Crippen LogP contribution in [0, 0.1) is 0 Å². The summed E-state index contributed by atoms with van der Waals surface area (Å²) in [6.45, 7) is 10.8. The van der Waals surface area contributed by atoms with Gasteiger partial charge < -0.3 is 23.7 Å². The van der Waals surface area contributed by atoms with Crippen molar-refractivity contribution in [3.05, 3.63) is 0 Å². The van der Waals surface area contributed by atoms with E-state index in [1.807, 2.05) is 0 Å². The van der Waals surface area contributed by atoms with Gasteiger partial charge in [-0.25, -0.2) is 9.18 Å². The van der Waals surface area contributed by atoms with Gasteiger partial charge in [0.1, 0.15) is 12.7 Å². The van der Waals surface area contributed by atoms with Gasteiger partial charge in [-0.05, 0) is 54.4 Å². The van der Waals surface area contributed by atoms with Crippen LogP contribution in [0.1, 0.15) is 47.5 Å². The normalized spacial score (nSPS) is 15.5. The molecule has 0 aliphatic rings. The van der Waals surface area contributed by atoms with Crippen LogP contribution in [0.3, 0.4) is 0 Å². The van der Waals surface area contributed by atoms with Gasteiger partial charge in [0.15, 0.2) is 0 Å². The van der Waals surface area contributed by atoms with Gasteiger partial charge in [-0.1, -0.05) is 0 Å². The Morgan fingerprint density at radius 2 is 1.56 bits per heavy atom. The Kier molecular flexibility index (Phi) is 9.34. The molecule has 0 spiro atoms. The lowest BCUT2D eigenvalue weighted by atomic mass is 10.2. The highest BCUT2D eigenvalue weighted by atomic mass is 31.2. The van der Waals surface area contributed by atoms with E-state index in [0.29, 0.717) is 0 Å². The van der Waals surface area contributed by atoms with Crippen molar-refractivity contribution in [3.8, 4) is 0 Å². The highest BCUT2D eigenvalue weighted by Crippen LogP contribution is 2.76. The lowest BCUT2D eigenvalue weighted by molar-refractivity contribution is 0.0526. The molecule has 0 rings (SSSR count). The second-order valence-corrected chi connectivity index (χ2v) is 12.9. The molecule has 0 aromatic carbocycles. The molecule has 0 aromatic heterocycles. The number of halogens is 1. The van der Waals surface area contributed by atoms with Crippen molar-refractivity contribution in [2.45, 2.75) is 58.2 Å². The summed E-state index contributed by atoms with van der Waals surface area (Å²) in [5.41, 5.74) is -0.643. The second kappa shape index (κ2) is 9.50. The van der Waals surface area contributed by atoms with Gasteiger partial charge in [0, 0.05) is 13.0 Å². The van der Waals surface area contributed by atoms with Crippen molar-refractivity contribution in [3.63, 3.8) is 0 Å². The molecule has 1 N–H and O–H groups in total. The number of nitrogens with one attached hydrogen (secondary N) is 1. The zero-order valence-corrected chi connectivity index (χ0v) is 18.0. The van der Waals surface area contributed by atoms with E-state index in [0.717, 1.165) is 0 Å². The molecule has 1 unspecified atom stereocenters. The van der Waals surface area contributed by atoms with Gasteiger partial charge in [-0.15, -0.1) is 0 Å². The van der Waals surface area contributed by atoms with Gasteiger partial charge in [0.05, 0.1) is 13.2 Å². The van der Waals surface area contributed by atoms with E-state index in [1.165, 1.54) is 13.3 Å². The maximum absolute atomic E-state index is 15.6. The van der Waals surface area contributed by atoms with Crippen LogP contribution >= 0.6 is 14.7 Å². The first kappa shape index (κ1) is 24.6. The molecule has 0 bridgehead atoms. The average molecular weight is 403 g/mol. The maximum atomic E-state index is 15.6. The predicted octanol–water partition coefficient (Wildman–Crippen LogP) is 4.80. The van der Waals surface area contributed by atoms with Gasteiger partial charge in [0.25, 0.3) is 5.15 Å². The summed E-state index contributed by atoms with van der Waals surface area (Å²) in [5, 5.41) is -0.120. The number of carbonyl (C=O) groups is 1. The fourth-order valence-corrected chi connectivity index (χ4v) is 7.08. The number of amides is 1.